The molecule has 0 unspecified atom stereocenters. The van der Waals surface area contributed by atoms with E-state index in [0.29, 0.717) is 0 Å². The molecule has 2 aromatic carbocycles. The van der Waals surface area contributed by atoms with Gasteiger partial charge in [-0.05, 0) is 35.7 Å². The number of para-hydroxylation sites is 2. The maximum absolute atomic E-state index is 4.71. The Labute approximate surface area is 122 Å². The van der Waals surface area contributed by atoms with Crippen molar-refractivity contribution in [2.24, 2.45) is 4.99 Å². The van der Waals surface area contributed by atoms with Crippen LogP contribution in [-0.2, 0) is 0 Å². The van der Waals surface area contributed by atoms with E-state index in [0.717, 1.165) is 22.1 Å². The van der Waals surface area contributed by atoms with E-state index < -0.39 is 0 Å². The SMILES string of the molecule is c1ccc(N=C(Nc2ccccc2)c2cccs2)cc1. The van der Waals surface area contributed by atoms with Gasteiger partial charge < -0.3 is 5.32 Å². The molecule has 0 amide bonds. The van der Waals surface area contributed by atoms with Gasteiger partial charge in [0.25, 0.3) is 0 Å². The third-order valence-electron chi connectivity index (χ3n) is 2.79. The Morgan fingerprint density at radius 2 is 1.50 bits per heavy atom. The fraction of sp³-hybridized carbons (Fsp3) is 0. The molecule has 0 aliphatic rings. The van der Waals surface area contributed by atoms with E-state index in [2.05, 4.69) is 16.8 Å². The number of aliphatic imine (C=N–C) groups is 1. The maximum atomic E-state index is 4.71. The molecule has 0 saturated heterocycles. The zero-order valence-electron chi connectivity index (χ0n) is 10.9. The van der Waals surface area contributed by atoms with E-state index >= 15 is 0 Å². The summed E-state index contributed by atoms with van der Waals surface area (Å²) in [7, 11) is 0. The van der Waals surface area contributed by atoms with Crippen LogP contribution in [0.2, 0.25) is 0 Å². The third-order valence-corrected chi connectivity index (χ3v) is 3.66. The van der Waals surface area contributed by atoms with E-state index in [4.69, 9.17) is 4.99 Å². The largest absolute Gasteiger partial charge is 0.339 e. The average molecular weight is 278 g/mol. The van der Waals surface area contributed by atoms with Gasteiger partial charge in [-0.3, -0.25) is 0 Å². The lowest BCUT2D eigenvalue weighted by Crippen LogP contribution is -2.11. The molecular weight excluding hydrogens is 264 g/mol. The predicted molar refractivity (Wildman–Crippen MR) is 87.0 cm³/mol. The third kappa shape index (κ3) is 3.13. The Balaban J connectivity index is 1.95. The smallest absolute Gasteiger partial charge is 0.148 e. The molecule has 0 saturated carbocycles. The van der Waals surface area contributed by atoms with Crippen LogP contribution in [0.1, 0.15) is 4.88 Å². The van der Waals surface area contributed by atoms with Crippen molar-refractivity contribution in [3.8, 4) is 0 Å². The summed E-state index contributed by atoms with van der Waals surface area (Å²) in [5, 5.41) is 5.45. The van der Waals surface area contributed by atoms with Gasteiger partial charge in [0.15, 0.2) is 0 Å². The van der Waals surface area contributed by atoms with Crippen LogP contribution >= 0.6 is 11.3 Å². The summed E-state index contributed by atoms with van der Waals surface area (Å²) < 4.78 is 0. The Morgan fingerprint density at radius 1 is 0.800 bits per heavy atom. The monoisotopic (exact) mass is 278 g/mol. The first-order valence-corrected chi connectivity index (χ1v) is 7.29. The molecule has 0 fully saturated rings. The number of amidine groups is 1. The molecule has 1 N–H and O–H groups in total. The molecule has 3 heteroatoms. The molecule has 0 aliphatic heterocycles. The van der Waals surface area contributed by atoms with E-state index in [-0.39, 0.29) is 0 Å². The normalized spacial score (nSPS) is 11.3. The summed E-state index contributed by atoms with van der Waals surface area (Å²) in [6, 6.07) is 24.2. The van der Waals surface area contributed by atoms with Crippen molar-refractivity contribution in [2.45, 2.75) is 0 Å². The van der Waals surface area contributed by atoms with Crippen LogP contribution in [0.3, 0.4) is 0 Å². The van der Waals surface area contributed by atoms with Gasteiger partial charge in [-0.15, -0.1) is 11.3 Å². The molecule has 0 bridgehead atoms. The van der Waals surface area contributed by atoms with E-state index in [1.165, 1.54) is 0 Å². The second-order valence-corrected chi connectivity index (χ2v) is 5.21. The quantitative estimate of drug-likeness (QED) is 0.532. The van der Waals surface area contributed by atoms with Crippen molar-refractivity contribution in [1.29, 1.82) is 0 Å². The van der Waals surface area contributed by atoms with Gasteiger partial charge in [-0.25, -0.2) is 4.99 Å². The summed E-state index contributed by atoms with van der Waals surface area (Å²) in [6.07, 6.45) is 0. The van der Waals surface area contributed by atoms with Gasteiger partial charge in [0.2, 0.25) is 0 Å². The summed E-state index contributed by atoms with van der Waals surface area (Å²) in [5.41, 5.74) is 1.98. The summed E-state index contributed by atoms with van der Waals surface area (Å²) in [5.74, 6) is 0.873. The minimum Gasteiger partial charge on any atom is -0.339 e. The van der Waals surface area contributed by atoms with Crippen LogP contribution in [-0.4, -0.2) is 5.84 Å². The molecule has 20 heavy (non-hydrogen) atoms. The van der Waals surface area contributed by atoms with Crippen molar-refractivity contribution < 1.29 is 0 Å². The highest BCUT2D eigenvalue weighted by Crippen LogP contribution is 2.18. The average Bonchev–Trinajstić information content (AvgIpc) is 3.03. The lowest BCUT2D eigenvalue weighted by Gasteiger charge is -2.08. The molecule has 1 aromatic heterocycles. The van der Waals surface area contributed by atoms with Gasteiger partial charge >= 0.3 is 0 Å². The predicted octanol–water partition coefficient (Wildman–Crippen LogP) is 4.94. The second-order valence-electron chi connectivity index (χ2n) is 4.26. The number of hydrogen-bond acceptors (Lipinski definition) is 2. The molecule has 3 aromatic rings. The lowest BCUT2D eigenvalue weighted by molar-refractivity contribution is 1.49. The number of rotatable bonds is 3. The summed E-state index contributed by atoms with van der Waals surface area (Å²) in [4.78, 5) is 5.84. The van der Waals surface area contributed by atoms with Gasteiger partial charge in [-0.2, -0.15) is 0 Å². The second kappa shape index (κ2) is 6.17. The zero-order chi connectivity index (χ0) is 13.6. The highest BCUT2D eigenvalue weighted by molar-refractivity contribution is 7.12. The first-order chi connectivity index (χ1) is 9.92. The van der Waals surface area contributed by atoms with Crippen molar-refractivity contribution in [3.05, 3.63) is 83.1 Å². The van der Waals surface area contributed by atoms with E-state index in [1.807, 2.05) is 66.7 Å². The van der Waals surface area contributed by atoms with Gasteiger partial charge in [0.1, 0.15) is 5.84 Å². The highest BCUT2D eigenvalue weighted by atomic mass is 32.1. The van der Waals surface area contributed by atoms with Gasteiger partial charge in [0, 0.05) is 5.69 Å². The van der Waals surface area contributed by atoms with Crippen LogP contribution in [0.4, 0.5) is 11.4 Å². The van der Waals surface area contributed by atoms with Crippen LogP contribution in [0.5, 0.6) is 0 Å². The fourth-order valence-electron chi connectivity index (χ4n) is 1.85. The number of thiophene rings is 1. The minimum atomic E-state index is 0.873. The molecule has 3 rings (SSSR count). The van der Waals surface area contributed by atoms with Crippen molar-refractivity contribution in [2.75, 3.05) is 5.32 Å². The fourth-order valence-corrected chi connectivity index (χ4v) is 2.52. The topological polar surface area (TPSA) is 24.4 Å². The van der Waals surface area contributed by atoms with Crippen molar-refractivity contribution in [1.82, 2.24) is 0 Å². The summed E-state index contributed by atoms with van der Waals surface area (Å²) in [6.45, 7) is 0. The number of anilines is 1. The highest BCUT2D eigenvalue weighted by Gasteiger charge is 2.05. The van der Waals surface area contributed by atoms with Crippen molar-refractivity contribution in [3.63, 3.8) is 0 Å². The number of hydrogen-bond donors (Lipinski definition) is 1. The lowest BCUT2D eigenvalue weighted by atomic mass is 10.3. The Kier molecular flexibility index (Phi) is 3.90. The molecule has 0 atom stereocenters. The number of nitrogens with one attached hydrogen (secondary N) is 1. The number of nitrogens with zero attached hydrogens (tertiary/aromatic N) is 1. The Morgan fingerprint density at radius 3 is 2.15 bits per heavy atom. The molecule has 1 heterocycles. The molecular formula is C17H14N2S. The standard InChI is InChI=1S/C17H14N2S/c1-3-8-14(9-4-1)18-17(16-12-7-13-20-16)19-15-10-5-2-6-11-15/h1-13H,(H,18,19). The van der Waals surface area contributed by atoms with Gasteiger partial charge in [-0.1, -0.05) is 42.5 Å². The zero-order valence-corrected chi connectivity index (χ0v) is 11.7. The van der Waals surface area contributed by atoms with Crippen LogP contribution < -0.4 is 5.32 Å². The van der Waals surface area contributed by atoms with Crippen LogP contribution in [0.25, 0.3) is 0 Å². The first-order valence-electron chi connectivity index (χ1n) is 6.41. The number of benzene rings is 2. The van der Waals surface area contributed by atoms with Gasteiger partial charge in [0.05, 0.1) is 10.6 Å². The van der Waals surface area contributed by atoms with E-state index in [1.54, 1.807) is 11.3 Å². The van der Waals surface area contributed by atoms with Crippen LogP contribution in [0.15, 0.2) is 83.2 Å². The molecule has 2 nitrogen and oxygen atoms in total. The molecule has 0 aliphatic carbocycles. The van der Waals surface area contributed by atoms with E-state index in [9.17, 15) is 0 Å². The van der Waals surface area contributed by atoms with Crippen molar-refractivity contribution >= 4 is 28.5 Å². The minimum absolute atomic E-state index is 0.873. The first kappa shape index (κ1) is 12.6. The Hall–Kier alpha value is -2.39. The molecule has 0 radical (unpaired) electrons. The maximum Gasteiger partial charge on any atom is 0.148 e. The summed E-state index contributed by atoms with van der Waals surface area (Å²) >= 11 is 1.68. The molecule has 0 spiro atoms. The van der Waals surface area contributed by atoms with Crippen LogP contribution in [0, 0.1) is 0 Å². The molecule has 98 valence electrons. The Bertz CT molecular complexity index is 674.